The van der Waals surface area contributed by atoms with Gasteiger partial charge >= 0.3 is 42.4 Å². The number of halogens is 9. The van der Waals surface area contributed by atoms with Gasteiger partial charge in [0.15, 0.2) is 11.5 Å². The molecule has 0 aliphatic carbocycles. The minimum atomic E-state index is -5.22. The van der Waals surface area contributed by atoms with Gasteiger partial charge in [-0.25, -0.2) is 9.59 Å². The normalized spacial score (nSPS) is 22.9. The average Bonchev–Trinajstić information content (AvgIpc) is 3.32. The zero-order chi connectivity index (χ0) is 43.6. The minimum absolute atomic E-state index is 0.0259. The van der Waals surface area contributed by atoms with Gasteiger partial charge in [-0.1, -0.05) is 60.7 Å². The molecule has 0 spiro atoms. The highest BCUT2D eigenvalue weighted by Crippen LogP contribution is 2.61. The maximum Gasteiger partial charge on any atom is 0.490 e. The lowest BCUT2D eigenvalue weighted by atomic mass is 9.74. The summed E-state index contributed by atoms with van der Waals surface area (Å²) in [5.74, 6) is -6.53. The molecule has 2 aliphatic rings. The fraction of sp³-hybridized carbons (Fsp3) is 0.436. The second-order valence-corrected chi connectivity index (χ2v) is 14.6. The van der Waals surface area contributed by atoms with Crippen LogP contribution in [0.3, 0.4) is 0 Å². The summed E-state index contributed by atoms with van der Waals surface area (Å²) in [5.41, 5.74) is -7.78. The molecule has 10 nitrogen and oxygen atoms in total. The topological polar surface area (TPSA) is 140 Å². The van der Waals surface area contributed by atoms with E-state index in [4.69, 9.17) is 24.1 Å². The fourth-order valence-electron chi connectivity index (χ4n) is 7.38. The summed E-state index contributed by atoms with van der Waals surface area (Å²) in [5, 5.41) is 18.1. The molecule has 58 heavy (non-hydrogen) atoms. The number of methoxy groups -OCH3 is 1. The SMILES string of the molecule is COC(=O)[C@H](O[C@@H]1CC[C@@H]2N(Cc3ccccc3)[C@@]1(c1ccccc1)C[C@@]2(C(=O)O)C(=O)OC(C)(C)C)c1cc(C(F)(F)F)cc(C(F)(F)F)c1.O=C(O)C(F)(F)F. The number of rotatable bonds is 9. The van der Waals surface area contributed by atoms with Gasteiger partial charge in [0.05, 0.1) is 29.9 Å². The monoisotopic (exact) mass is 835 g/mol. The van der Waals surface area contributed by atoms with Crippen molar-refractivity contribution in [3.63, 3.8) is 0 Å². The Morgan fingerprint density at radius 3 is 1.72 bits per heavy atom. The van der Waals surface area contributed by atoms with Crippen LogP contribution in [-0.4, -0.2) is 70.0 Å². The molecule has 19 heteroatoms. The molecule has 0 aromatic heterocycles. The van der Waals surface area contributed by atoms with Gasteiger partial charge in [-0.05, 0) is 68.5 Å². The average molecular weight is 836 g/mol. The fourth-order valence-corrected chi connectivity index (χ4v) is 7.38. The van der Waals surface area contributed by atoms with Gasteiger partial charge in [-0.15, -0.1) is 0 Å². The number of fused-ring (bicyclic) bond motifs is 2. The molecule has 316 valence electrons. The Bertz CT molecular complexity index is 1930. The van der Waals surface area contributed by atoms with Gasteiger partial charge in [-0.2, -0.15) is 39.5 Å². The van der Waals surface area contributed by atoms with Gasteiger partial charge in [0.25, 0.3) is 0 Å². The Morgan fingerprint density at radius 2 is 1.29 bits per heavy atom. The van der Waals surface area contributed by atoms with Crippen molar-refractivity contribution in [2.24, 2.45) is 5.41 Å². The van der Waals surface area contributed by atoms with Crippen molar-refractivity contribution in [2.45, 2.75) is 94.5 Å². The van der Waals surface area contributed by atoms with Crippen LogP contribution in [0.1, 0.15) is 74.0 Å². The maximum absolute atomic E-state index is 14.1. The lowest BCUT2D eigenvalue weighted by Gasteiger charge is -2.50. The summed E-state index contributed by atoms with van der Waals surface area (Å²) in [6.45, 7) is 4.83. The second kappa shape index (κ2) is 16.6. The predicted octanol–water partition coefficient (Wildman–Crippen LogP) is 8.33. The molecule has 0 saturated carbocycles. The van der Waals surface area contributed by atoms with E-state index >= 15 is 0 Å². The standard InChI is InChI=1S/C37H37F6NO7.C2HF3O2/c1-33(2,3)51-32(48)34(31(46)47)21-35(24-13-9-6-10-14-24)28(16-15-27(34)44(35)20-22-11-7-5-8-12-22)50-29(30(45)49-4)23-17-25(36(38,39)40)19-26(18-23)37(41,42)43;3-2(4,5)1(6)7/h5-14,17-19,27-29H,15-16,20-21H2,1-4H3,(H,46,47);(H,6,7)/t27-,28+,29+,34+,35+;/m0./s1. The van der Waals surface area contributed by atoms with Crippen molar-refractivity contribution in [1.82, 2.24) is 4.90 Å². The van der Waals surface area contributed by atoms with Crippen LogP contribution in [0.15, 0.2) is 78.9 Å². The Hall–Kier alpha value is -5.17. The third kappa shape index (κ3) is 9.57. The zero-order valence-electron chi connectivity index (χ0n) is 31.2. The molecule has 2 fully saturated rings. The van der Waals surface area contributed by atoms with E-state index in [9.17, 15) is 59.0 Å². The summed E-state index contributed by atoms with van der Waals surface area (Å²) in [6.07, 6.45) is -19.4. The van der Waals surface area contributed by atoms with E-state index in [2.05, 4.69) is 0 Å². The number of esters is 2. The van der Waals surface area contributed by atoms with E-state index in [1.165, 1.54) is 0 Å². The number of piperidine rings is 1. The summed E-state index contributed by atoms with van der Waals surface area (Å²) in [6, 6.07) is 17.0. The van der Waals surface area contributed by atoms with Crippen LogP contribution in [-0.2, 0) is 57.8 Å². The first-order valence-corrected chi connectivity index (χ1v) is 17.3. The third-order valence-corrected chi connectivity index (χ3v) is 9.73. The molecule has 3 aromatic carbocycles. The molecule has 2 N–H and O–H groups in total. The molecule has 2 heterocycles. The Balaban J connectivity index is 0.000000973. The molecular weight excluding hydrogens is 797 g/mol. The van der Waals surface area contributed by atoms with Crippen molar-refractivity contribution in [3.05, 3.63) is 107 Å². The van der Waals surface area contributed by atoms with Gasteiger partial charge < -0.3 is 24.4 Å². The Labute approximate surface area is 325 Å². The van der Waals surface area contributed by atoms with E-state index in [0.29, 0.717) is 23.3 Å². The van der Waals surface area contributed by atoms with Crippen LogP contribution in [0, 0.1) is 5.41 Å². The molecule has 2 bridgehead atoms. The van der Waals surface area contributed by atoms with E-state index in [1.807, 2.05) is 0 Å². The molecule has 5 rings (SSSR count). The largest absolute Gasteiger partial charge is 0.490 e. The summed E-state index contributed by atoms with van der Waals surface area (Å²) >= 11 is 0. The smallest absolute Gasteiger partial charge is 0.480 e. The molecular formula is C39H38F9NO9. The highest BCUT2D eigenvalue weighted by atomic mass is 19.4. The van der Waals surface area contributed by atoms with Crippen molar-refractivity contribution in [3.8, 4) is 0 Å². The molecule has 2 saturated heterocycles. The lowest BCUT2D eigenvalue weighted by molar-refractivity contribution is -0.192. The number of carbonyl (C=O) groups is 4. The van der Waals surface area contributed by atoms with E-state index in [0.717, 1.165) is 7.11 Å². The van der Waals surface area contributed by atoms with Crippen LogP contribution in [0.5, 0.6) is 0 Å². The van der Waals surface area contributed by atoms with E-state index in [-0.39, 0.29) is 25.5 Å². The summed E-state index contributed by atoms with van der Waals surface area (Å²) in [4.78, 5) is 51.6. The van der Waals surface area contributed by atoms with Crippen LogP contribution in [0.4, 0.5) is 39.5 Å². The lowest BCUT2D eigenvalue weighted by Crippen LogP contribution is -2.58. The minimum Gasteiger partial charge on any atom is -0.480 e. The first-order chi connectivity index (χ1) is 26.7. The van der Waals surface area contributed by atoms with E-state index < -0.39 is 100 Å². The number of carboxylic acid groups (broad SMARTS) is 2. The molecule has 0 amide bonds. The number of hydrogen-bond donors (Lipinski definition) is 2. The number of carboxylic acids is 2. The van der Waals surface area contributed by atoms with Crippen molar-refractivity contribution in [1.29, 1.82) is 0 Å². The quantitative estimate of drug-likeness (QED) is 0.123. The molecule has 2 aliphatic heterocycles. The van der Waals surface area contributed by atoms with Crippen LogP contribution in [0.25, 0.3) is 0 Å². The number of carbonyl (C=O) groups excluding carboxylic acids is 2. The zero-order valence-corrected chi connectivity index (χ0v) is 31.2. The van der Waals surface area contributed by atoms with Crippen LogP contribution in [0.2, 0.25) is 0 Å². The van der Waals surface area contributed by atoms with Gasteiger partial charge in [-0.3, -0.25) is 14.5 Å². The molecule has 0 unspecified atom stereocenters. The van der Waals surface area contributed by atoms with E-state index in [1.54, 1.807) is 86.3 Å². The van der Waals surface area contributed by atoms with Crippen LogP contribution < -0.4 is 0 Å². The van der Waals surface area contributed by atoms with Crippen LogP contribution >= 0.6 is 0 Å². The number of hydrogen-bond acceptors (Lipinski definition) is 8. The Morgan fingerprint density at radius 1 is 0.793 bits per heavy atom. The number of benzene rings is 3. The number of ether oxygens (including phenoxy) is 3. The second-order valence-electron chi connectivity index (χ2n) is 14.6. The Kier molecular flexibility index (Phi) is 13.0. The number of nitrogens with zero attached hydrogens (tertiary/aromatic N) is 1. The highest BCUT2D eigenvalue weighted by molar-refractivity contribution is 6.01. The molecule has 0 radical (unpaired) electrons. The van der Waals surface area contributed by atoms with Gasteiger partial charge in [0, 0.05) is 19.0 Å². The van der Waals surface area contributed by atoms with Crippen molar-refractivity contribution in [2.75, 3.05) is 7.11 Å². The predicted molar refractivity (Wildman–Crippen MR) is 183 cm³/mol. The van der Waals surface area contributed by atoms with Gasteiger partial charge in [0.2, 0.25) is 0 Å². The molecule has 5 atom stereocenters. The van der Waals surface area contributed by atoms with Gasteiger partial charge in [0.1, 0.15) is 5.60 Å². The maximum atomic E-state index is 14.1. The van der Waals surface area contributed by atoms with Crippen molar-refractivity contribution >= 4 is 23.9 Å². The summed E-state index contributed by atoms with van der Waals surface area (Å²) < 4.78 is 132. The number of alkyl halides is 9. The first-order valence-electron chi connectivity index (χ1n) is 17.3. The molecule has 3 aromatic rings. The van der Waals surface area contributed by atoms with Crippen molar-refractivity contribution < 1.29 is 83.1 Å². The summed E-state index contributed by atoms with van der Waals surface area (Å²) in [7, 11) is 0.913. The highest BCUT2D eigenvalue weighted by Gasteiger charge is 2.72. The number of aliphatic carboxylic acids is 2. The first kappa shape index (κ1) is 45.5. The third-order valence-electron chi connectivity index (χ3n) is 9.73.